The minimum atomic E-state index is 0.488. The van der Waals surface area contributed by atoms with E-state index >= 15 is 0 Å². The number of ether oxygens (including phenoxy) is 1. The number of rotatable bonds is 6. The molecule has 108 valence electrons. The summed E-state index contributed by atoms with van der Waals surface area (Å²) in [5, 5.41) is 4.61. The molecule has 1 aromatic rings. The predicted molar refractivity (Wildman–Crippen MR) is 81.0 cm³/mol. The molecular formula is C14H25N3OS. The Morgan fingerprint density at radius 2 is 2.32 bits per heavy atom. The Labute approximate surface area is 120 Å². The van der Waals surface area contributed by atoms with Gasteiger partial charge < -0.3 is 15.0 Å². The van der Waals surface area contributed by atoms with Gasteiger partial charge in [0.2, 0.25) is 0 Å². The van der Waals surface area contributed by atoms with E-state index in [0.29, 0.717) is 12.0 Å². The normalized spacial score (nSPS) is 19.3. The highest BCUT2D eigenvalue weighted by Crippen LogP contribution is 2.28. The van der Waals surface area contributed by atoms with E-state index in [1.165, 1.54) is 4.88 Å². The van der Waals surface area contributed by atoms with E-state index in [-0.39, 0.29) is 0 Å². The Hall–Kier alpha value is -0.650. The summed E-state index contributed by atoms with van der Waals surface area (Å²) < 4.78 is 5.45. The summed E-state index contributed by atoms with van der Waals surface area (Å²) in [6.07, 6.45) is 1.11. The first kappa shape index (κ1) is 14.8. The second-order valence-corrected chi connectivity index (χ2v) is 6.72. The second-order valence-electron chi connectivity index (χ2n) is 5.66. The van der Waals surface area contributed by atoms with Gasteiger partial charge in [-0.15, -0.1) is 11.3 Å². The lowest BCUT2D eigenvalue weighted by Crippen LogP contribution is -2.31. The zero-order valence-electron chi connectivity index (χ0n) is 12.4. The molecule has 2 rings (SSSR count). The van der Waals surface area contributed by atoms with Crippen molar-refractivity contribution in [2.45, 2.75) is 39.8 Å². The van der Waals surface area contributed by atoms with Crippen molar-refractivity contribution in [2.75, 3.05) is 31.7 Å². The van der Waals surface area contributed by atoms with Crippen molar-refractivity contribution in [1.82, 2.24) is 10.3 Å². The van der Waals surface area contributed by atoms with E-state index in [1.54, 1.807) is 11.3 Å². The molecule has 0 bridgehead atoms. The summed E-state index contributed by atoms with van der Waals surface area (Å²) in [6.45, 7) is 10.2. The lowest BCUT2D eigenvalue weighted by molar-refractivity contribution is 0.193. The van der Waals surface area contributed by atoms with Crippen LogP contribution in [0.4, 0.5) is 5.13 Å². The van der Waals surface area contributed by atoms with Crippen molar-refractivity contribution in [3.8, 4) is 0 Å². The summed E-state index contributed by atoms with van der Waals surface area (Å²) in [7, 11) is 2.13. The average molecular weight is 283 g/mol. The summed E-state index contributed by atoms with van der Waals surface area (Å²) in [5.41, 5.74) is 1.15. The van der Waals surface area contributed by atoms with Crippen LogP contribution in [-0.4, -0.2) is 37.8 Å². The van der Waals surface area contributed by atoms with E-state index in [2.05, 4.69) is 38.0 Å². The van der Waals surface area contributed by atoms with Crippen molar-refractivity contribution in [2.24, 2.45) is 5.92 Å². The van der Waals surface area contributed by atoms with Crippen LogP contribution in [0.1, 0.15) is 30.8 Å². The topological polar surface area (TPSA) is 37.4 Å². The summed E-state index contributed by atoms with van der Waals surface area (Å²) >= 11 is 1.80. The first-order valence-electron chi connectivity index (χ1n) is 7.05. The maximum atomic E-state index is 5.45. The number of aromatic nitrogens is 1. The molecule has 0 radical (unpaired) electrons. The smallest absolute Gasteiger partial charge is 0.185 e. The highest BCUT2D eigenvalue weighted by Gasteiger charge is 2.23. The minimum absolute atomic E-state index is 0.488. The van der Waals surface area contributed by atoms with E-state index in [9.17, 15) is 0 Å². The molecule has 1 atom stereocenters. The van der Waals surface area contributed by atoms with Gasteiger partial charge in [0.05, 0.1) is 18.3 Å². The number of anilines is 1. The lowest BCUT2D eigenvalue weighted by Gasteiger charge is -2.21. The Morgan fingerprint density at radius 1 is 1.53 bits per heavy atom. The van der Waals surface area contributed by atoms with Crippen molar-refractivity contribution < 1.29 is 4.74 Å². The third-order valence-electron chi connectivity index (χ3n) is 3.47. The van der Waals surface area contributed by atoms with Crippen LogP contribution < -0.4 is 10.2 Å². The number of aryl methyl sites for hydroxylation is 1. The van der Waals surface area contributed by atoms with Crippen LogP contribution in [-0.2, 0) is 11.3 Å². The third kappa shape index (κ3) is 3.91. The first-order chi connectivity index (χ1) is 9.08. The highest BCUT2D eigenvalue weighted by molar-refractivity contribution is 7.15. The molecule has 1 saturated heterocycles. The molecule has 4 nitrogen and oxygen atoms in total. The zero-order chi connectivity index (χ0) is 13.8. The Bertz CT molecular complexity index is 399. The van der Waals surface area contributed by atoms with E-state index in [1.807, 2.05) is 0 Å². The molecule has 1 aliphatic heterocycles. The maximum Gasteiger partial charge on any atom is 0.185 e. The molecular weight excluding hydrogens is 258 g/mol. The number of hydrogen-bond acceptors (Lipinski definition) is 5. The molecule has 1 aromatic heterocycles. The molecule has 0 amide bonds. The van der Waals surface area contributed by atoms with Crippen LogP contribution >= 0.6 is 11.3 Å². The molecule has 1 unspecified atom stereocenters. The van der Waals surface area contributed by atoms with Gasteiger partial charge in [-0.2, -0.15) is 0 Å². The molecule has 2 heterocycles. The van der Waals surface area contributed by atoms with Gasteiger partial charge in [-0.05, 0) is 25.8 Å². The van der Waals surface area contributed by atoms with Crippen molar-refractivity contribution in [1.29, 1.82) is 0 Å². The highest BCUT2D eigenvalue weighted by atomic mass is 32.1. The van der Waals surface area contributed by atoms with E-state index < -0.39 is 0 Å². The van der Waals surface area contributed by atoms with Crippen LogP contribution in [0.5, 0.6) is 0 Å². The molecule has 5 heteroatoms. The third-order valence-corrected chi connectivity index (χ3v) is 4.72. The molecule has 0 aliphatic carbocycles. The summed E-state index contributed by atoms with van der Waals surface area (Å²) in [6, 6.07) is 0.488. The van der Waals surface area contributed by atoms with Gasteiger partial charge in [-0.3, -0.25) is 0 Å². The fraction of sp³-hybridized carbons (Fsp3) is 0.786. The maximum absolute atomic E-state index is 5.45. The van der Waals surface area contributed by atoms with Gasteiger partial charge in [0.15, 0.2) is 5.13 Å². The van der Waals surface area contributed by atoms with Gasteiger partial charge in [0.1, 0.15) is 0 Å². The second kappa shape index (κ2) is 6.68. The molecule has 0 spiro atoms. The van der Waals surface area contributed by atoms with Crippen molar-refractivity contribution in [3.05, 3.63) is 10.6 Å². The Morgan fingerprint density at radius 3 is 2.95 bits per heavy atom. The van der Waals surface area contributed by atoms with Gasteiger partial charge in [-0.25, -0.2) is 4.98 Å². The number of nitrogens with one attached hydrogen (secondary N) is 1. The average Bonchev–Trinajstić information content (AvgIpc) is 2.98. The molecule has 1 N–H and O–H groups in total. The fourth-order valence-corrected chi connectivity index (χ4v) is 3.25. The summed E-state index contributed by atoms with van der Waals surface area (Å²) in [4.78, 5) is 8.32. The van der Waals surface area contributed by atoms with Gasteiger partial charge in [0.25, 0.3) is 0 Å². The monoisotopic (exact) mass is 283 g/mol. The predicted octanol–water partition coefficient (Wildman–Crippen LogP) is 2.42. The fourth-order valence-electron chi connectivity index (χ4n) is 2.19. The van der Waals surface area contributed by atoms with Crippen LogP contribution in [0.15, 0.2) is 0 Å². The lowest BCUT2D eigenvalue weighted by atomic mass is 10.2. The van der Waals surface area contributed by atoms with Gasteiger partial charge >= 0.3 is 0 Å². The molecule has 19 heavy (non-hydrogen) atoms. The zero-order valence-corrected chi connectivity index (χ0v) is 13.2. The standard InChI is InChI=1S/C14H25N3OS/c1-10(2)7-15-8-13-11(3)16-14(19-13)17(4)12-5-6-18-9-12/h10,12,15H,5-9H2,1-4H3. The number of likely N-dealkylation sites (N-methyl/N-ethyl adjacent to an activating group) is 1. The number of hydrogen-bond donors (Lipinski definition) is 1. The minimum Gasteiger partial charge on any atom is -0.379 e. The number of nitrogens with zero attached hydrogens (tertiary/aromatic N) is 2. The Kier molecular flexibility index (Phi) is 5.19. The van der Waals surface area contributed by atoms with E-state index in [4.69, 9.17) is 9.72 Å². The quantitative estimate of drug-likeness (QED) is 0.870. The van der Waals surface area contributed by atoms with E-state index in [0.717, 1.165) is 43.5 Å². The molecule has 1 aliphatic rings. The van der Waals surface area contributed by atoms with Crippen LogP contribution in [0.2, 0.25) is 0 Å². The van der Waals surface area contributed by atoms with Crippen LogP contribution in [0.3, 0.4) is 0 Å². The van der Waals surface area contributed by atoms with Gasteiger partial charge in [-0.1, -0.05) is 13.8 Å². The van der Waals surface area contributed by atoms with Crippen molar-refractivity contribution >= 4 is 16.5 Å². The molecule has 0 saturated carbocycles. The van der Waals surface area contributed by atoms with Gasteiger partial charge in [0, 0.05) is 25.1 Å². The van der Waals surface area contributed by atoms with Crippen molar-refractivity contribution in [3.63, 3.8) is 0 Å². The number of thiazole rings is 1. The SMILES string of the molecule is Cc1nc(N(C)C2CCOC2)sc1CNCC(C)C. The summed E-state index contributed by atoms with van der Waals surface area (Å²) in [5.74, 6) is 0.686. The molecule has 0 aromatic carbocycles. The van der Waals surface area contributed by atoms with Crippen LogP contribution in [0, 0.1) is 12.8 Å². The Balaban J connectivity index is 1.95. The molecule has 1 fully saturated rings. The van der Waals surface area contributed by atoms with Crippen LogP contribution in [0.25, 0.3) is 0 Å². The first-order valence-corrected chi connectivity index (χ1v) is 7.87. The largest absolute Gasteiger partial charge is 0.379 e.